The maximum Gasteiger partial charge on any atom is 0.248 e. The SMILES string of the molecule is Cn1ccc(-c2ccc3nc(-c4cccnc4N)n(-c4ccc5c(c4)CCC5)c3n2)n1.NC(=O)c1ccc(O)c(C=O)c1. The van der Waals surface area contributed by atoms with Crippen LogP contribution in [0.1, 0.15) is 38.3 Å². The minimum Gasteiger partial charge on any atom is -0.507 e. The number of rotatable bonds is 5. The summed E-state index contributed by atoms with van der Waals surface area (Å²) in [6.45, 7) is 0. The lowest BCUT2D eigenvalue weighted by atomic mass is 10.1. The van der Waals surface area contributed by atoms with Crippen LogP contribution in [-0.4, -0.2) is 46.6 Å². The molecule has 0 unspecified atom stereocenters. The first-order valence-electron chi connectivity index (χ1n) is 13.6. The van der Waals surface area contributed by atoms with Crippen molar-refractivity contribution < 1.29 is 14.7 Å². The van der Waals surface area contributed by atoms with E-state index in [0.717, 1.165) is 52.5 Å². The molecule has 0 radical (unpaired) electrons. The van der Waals surface area contributed by atoms with Gasteiger partial charge in [-0.25, -0.2) is 15.0 Å². The number of pyridine rings is 2. The van der Waals surface area contributed by atoms with Crippen LogP contribution in [-0.2, 0) is 19.9 Å². The maximum absolute atomic E-state index is 10.6. The number of nitrogens with two attached hydrogens (primary N) is 2. The first-order chi connectivity index (χ1) is 20.8. The molecule has 214 valence electrons. The van der Waals surface area contributed by atoms with E-state index < -0.39 is 5.91 Å². The molecule has 0 saturated carbocycles. The fourth-order valence-corrected chi connectivity index (χ4v) is 5.18. The Labute approximate surface area is 246 Å². The molecule has 11 heteroatoms. The molecule has 0 bridgehead atoms. The van der Waals surface area contributed by atoms with Gasteiger partial charge in [-0.1, -0.05) is 6.07 Å². The lowest BCUT2D eigenvalue weighted by Gasteiger charge is -2.12. The highest BCUT2D eigenvalue weighted by Crippen LogP contribution is 2.33. The molecule has 0 saturated heterocycles. The Morgan fingerprint density at radius 1 is 0.977 bits per heavy atom. The highest BCUT2D eigenvalue weighted by atomic mass is 16.3. The zero-order valence-corrected chi connectivity index (χ0v) is 23.3. The topological polar surface area (TPSA) is 168 Å². The number of nitrogen functional groups attached to an aromatic ring is 1. The van der Waals surface area contributed by atoms with Crippen molar-refractivity contribution in [2.75, 3.05) is 5.73 Å². The number of fused-ring (bicyclic) bond motifs is 2. The number of primary amides is 1. The van der Waals surface area contributed by atoms with Gasteiger partial charge in [0.1, 0.15) is 22.8 Å². The third-order valence-electron chi connectivity index (χ3n) is 7.34. The summed E-state index contributed by atoms with van der Waals surface area (Å²) in [5.74, 6) is 0.405. The van der Waals surface area contributed by atoms with Gasteiger partial charge in [0.15, 0.2) is 17.8 Å². The van der Waals surface area contributed by atoms with Gasteiger partial charge in [0.05, 0.1) is 16.8 Å². The molecule has 43 heavy (non-hydrogen) atoms. The van der Waals surface area contributed by atoms with Crippen molar-refractivity contribution >= 4 is 29.2 Å². The summed E-state index contributed by atoms with van der Waals surface area (Å²) >= 11 is 0. The summed E-state index contributed by atoms with van der Waals surface area (Å²) in [7, 11) is 1.90. The molecule has 1 aliphatic carbocycles. The van der Waals surface area contributed by atoms with Crippen LogP contribution in [0.4, 0.5) is 5.82 Å². The van der Waals surface area contributed by atoms with Crippen LogP contribution >= 0.6 is 0 Å². The molecule has 0 spiro atoms. The van der Waals surface area contributed by atoms with Gasteiger partial charge in [-0.15, -0.1) is 0 Å². The van der Waals surface area contributed by atoms with Gasteiger partial charge in [0.25, 0.3) is 0 Å². The average molecular weight is 573 g/mol. The van der Waals surface area contributed by atoms with E-state index in [0.29, 0.717) is 12.1 Å². The highest BCUT2D eigenvalue weighted by molar-refractivity contribution is 5.95. The van der Waals surface area contributed by atoms with Gasteiger partial charge in [0.2, 0.25) is 5.91 Å². The normalized spacial score (nSPS) is 12.0. The standard InChI is InChI=1S/C24H21N7.C8H7NO3/c1-30-13-11-20(29-30)19-9-10-21-24(27-19)31(17-8-7-15-4-2-5-16(15)14-17)23(28-21)18-6-3-12-26-22(18)25;9-8(12)5-1-2-7(11)6(3-5)4-10/h3,6-14H,2,4-5H2,1H3,(H2,25,26);1-4,11H,(H2,9,12). The molecule has 0 atom stereocenters. The van der Waals surface area contributed by atoms with E-state index in [1.165, 1.54) is 35.7 Å². The van der Waals surface area contributed by atoms with Crippen LogP contribution in [0.25, 0.3) is 39.6 Å². The molecule has 4 heterocycles. The number of anilines is 1. The summed E-state index contributed by atoms with van der Waals surface area (Å²) in [6, 6.07) is 20.2. The number of amides is 1. The third-order valence-corrected chi connectivity index (χ3v) is 7.34. The first kappa shape index (κ1) is 27.3. The number of aromatic nitrogens is 6. The lowest BCUT2D eigenvalue weighted by Crippen LogP contribution is -2.10. The molecule has 1 aliphatic rings. The molecule has 2 aromatic carbocycles. The molecule has 1 amide bonds. The second kappa shape index (κ2) is 11.2. The molecule has 11 nitrogen and oxygen atoms in total. The zero-order chi connectivity index (χ0) is 30.1. The van der Waals surface area contributed by atoms with E-state index in [2.05, 4.69) is 32.8 Å². The Hall–Kier alpha value is -5.84. The molecule has 6 aromatic rings. The molecular formula is C32H28N8O3. The number of benzene rings is 2. The molecule has 0 aliphatic heterocycles. The van der Waals surface area contributed by atoms with Crippen LogP contribution in [0.15, 0.2) is 79.1 Å². The van der Waals surface area contributed by atoms with Crippen molar-refractivity contribution in [3.8, 4) is 34.2 Å². The van der Waals surface area contributed by atoms with E-state index in [1.54, 1.807) is 10.9 Å². The summed E-state index contributed by atoms with van der Waals surface area (Å²) in [4.78, 5) is 35.0. The number of phenols is 1. The summed E-state index contributed by atoms with van der Waals surface area (Å²) in [5, 5.41) is 13.5. The highest BCUT2D eigenvalue weighted by Gasteiger charge is 2.20. The van der Waals surface area contributed by atoms with Crippen LogP contribution in [0.3, 0.4) is 0 Å². The number of nitrogens with zero attached hydrogens (tertiary/aromatic N) is 6. The quantitative estimate of drug-likeness (QED) is 0.258. The molecule has 5 N–H and O–H groups in total. The number of aryl methyl sites for hydroxylation is 3. The maximum atomic E-state index is 10.6. The van der Waals surface area contributed by atoms with E-state index >= 15 is 0 Å². The largest absolute Gasteiger partial charge is 0.507 e. The van der Waals surface area contributed by atoms with E-state index in [-0.39, 0.29) is 16.9 Å². The van der Waals surface area contributed by atoms with Crippen LogP contribution in [0.5, 0.6) is 5.75 Å². The van der Waals surface area contributed by atoms with Gasteiger partial charge >= 0.3 is 0 Å². The van der Waals surface area contributed by atoms with Crippen molar-refractivity contribution in [1.29, 1.82) is 0 Å². The molecule has 4 aromatic heterocycles. The van der Waals surface area contributed by atoms with Crippen molar-refractivity contribution in [2.45, 2.75) is 19.3 Å². The van der Waals surface area contributed by atoms with Gasteiger partial charge in [0, 0.05) is 30.7 Å². The Morgan fingerprint density at radius 2 is 1.81 bits per heavy atom. The van der Waals surface area contributed by atoms with E-state index in [9.17, 15) is 9.59 Å². The van der Waals surface area contributed by atoms with E-state index in [4.69, 9.17) is 26.5 Å². The van der Waals surface area contributed by atoms with Crippen LogP contribution in [0, 0.1) is 0 Å². The summed E-state index contributed by atoms with van der Waals surface area (Å²) < 4.78 is 3.87. The van der Waals surface area contributed by atoms with Crippen LogP contribution < -0.4 is 11.5 Å². The number of carbonyl (C=O) groups excluding carboxylic acids is 2. The number of phenolic OH excluding ortho intramolecular Hbond substituents is 1. The minimum atomic E-state index is -0.627. The number of aromatic hydroxyl groups is 1. The van der Waals surface area contributed by atoms with Crippen molar-refractivity contribution in [3.63, 3.8) is 0 Å². The Morgan fingerprint density at radius 3 is 2.56 bits per heavy atom. The number of hydrogen-bond donors (Lipinski definition) is 3. The first-order valence-corrected chi connectivity index (χ1v) is 13.6. The Kier molecular flexibility index (Phi) is 7.12. The zero-order valence-electron chi connectivity index (χ0n) is 23.3. The number of imidazole rings is 1. The second-order valence-electron chi connectivity index (χ2n) is 10.2. The molecule has 7 rings (SSSR count). The predicted octanol–water partition coefficient (Wildman–Crippen LogP) is 4.26. The number of hydrogen-bond acceptors (Lipinski definition) is 8. The average Bonchev–Trinajstić information content (AvgIpc) is 3.75. The number of carbonyl (C=O) groups is 2. The fraction of sp³-hybridized carbons (Fsp3) is 0.125. The van der Waals surface area contributed by atoms with Crippen LogP contribution in [0.2, 0.25) is 0 Å². The molecular weight excluding hydrogens is 544 g/mol. The fourth-order valence-electron chi connectivity index (χ4n) is 5.18. The second-order valence-corrected chi connectivity index (χ2v) is 10.2. The predicted molar refractivity (Wildman–Crippen MR) is 163 cm³/mol. The van der Waals surface area contributed by atoms with Gasteiger partial charge in [-0.3, -0.25) is 18.8 Å². The summed E-state index contributed by atoms with van der Waals surface area (Å²) in [6.07, 6.45) is 7.52. The van der Waals surface area contributed by atoms with Gasteiger partial charge in [-0.05, 0) is 91.1 Å². The monoisotopic (exact) mass is 572 g/mol. The van der Waals surface area contributed by atoms with Crippen molar-refractivity contribution in [2.24, 2.45) is 12.8 Å². The number of aldehydes is 1. The Bertz CT molecular complexity index is 2010. The van der Waals surface area contributed by atoms with Crippen molar-refractivity contribution in [3.05, 3.63) is 101 Å². The Balaban J connectivity index is 0.000000232. The lowest BCUT2D eigenvalue weighted by molar-refractivity contribution is 0.1000. The summed E-state index contributed by atoms with van der Waals surface area (Å²) in [5.41, 5.74) is 19.3. The van der Waals surface area contributed by atoms with E-state index in [1.807, 2.05) is 43.6 Å². The third kappa shape index (κ3) is 5.31. The van der Waals surface area contributed by atoms with Crippen molar-refractivity contribution in [1.82, 2.24) is 29.3 Å². The molecule has 0 fully saturated rings. The van der Waals surface area contributed by atoms with Gasteiger partial charge < -0.3 is 16.6 Å². The smallest absolute Gasteiger partial charge is 0.248 e. The minimum absolute atomic E-state index is 0.0614. The van der Waals surface area contributed by atoms with Gasteiger partial charge in [-0.2, -0.15) is 5.10 Å².